The first-order valence-electron chi connectivity index (χ1n) is 8.70. The summed E-state index contributed by atoms with van der Waals surface area (Å²) in [6, 6.07) is 12.6. The van der Waals surface area contributed by atoms with Gasteiger partial charge in [0.1, 0.15) is 0 Å². The minimum absolute atomic E-state index is 0.160. The number of benzene rings is 2. The Morgan fingerprint density at radius 1 is 1.22 bits per heavy atom. The molecule has 1 heterocycles. The van der Waals surface area contributed by atoms with Crippen molar-refractivity contribution in [3.8, 4) is 0 Å². The maximum absolute atomic E-state index is 13.1. The first kappa shape index (κ1) is 18.4. The van der Waals surface area contributed by atoms with Crippen LogP contribution in [-0.4, -0.2) is 30.8 Å². The molecule has 0 spiro atoms. The van der Waals surface area contributed by atoms with Gasteiger partial charge in [0.15, 0.2) is 0 Å². The van der Waals surface area contributed by atoms with Gasteiger partial charge in [0, 0.05) is 25.2 Å². The van der Waals surface area contributed by atoms with E-state index in [-0.39, 0.29) is 17.7 Å². The summed E-state index contributed by atoms with van der Waals surface area (Å²) in [5.74, 6) is -0.574. The summed E-state index contributed by atoms with van der Waals surface area (Å²) in [6.45, 7) is 6.43. The van der Waals surface area contributed by atoms with Crippen molar-refractivity contribution in [3.63, 3.8) is 0 Å². The molecule has 138 valence electrons. The van der Waals surface area contributed by atoms with E-state index in [1.54, 1.807) is 35.2 Å². The number of fused-ring (bicyclic) bond motifs is 1. The van der Waals surface area contributed by atoms with Crippen molar-refractivity contribution in [3.05, 3.63) is 77.4 Å². The second kappa shape index (κ2) is 7.86. The van der Waals surface area contributed by atoms with E-state index in [1.165, 1.54) is 6.08 Å². The molecule has 6 nitrogen and oxygen atoms in total. The first-order chi connectivity index (χ1) is 13.0. The molecule has 0 saturated carbocycles. The van der Waals surface area contributed by atoms with Gasteiger partial charge < -0.3 is 15.5 Å². The lowest BCUT2D eigenvalue weighted by Crippen LogP contribution is -2.35. The number of nitrogens with one attached hydrogen (secondary N) is 2. The molecule has 6 heteroatoms. The number of hydrogen-bond acceptors (Lipinski definition) is 3. The van der Waals surface area contributed by atoms with E-state index < -0.39 is 0 Å². The van der Waals surface area contributed by atoms with Crippen LogP contribution in [-0.2, 0) is 11.3 Å². The fourth-order valence-corrected chi connectivity index (χ4v) is 3.06. The number of rotatable bonds is 4. The molecule has 0 radical (unpaired) electrons. The van der Waals surface area contributed by atoms with Crippen LogP contribution in [0.2, 0.25) is 0 Å². The van der Waals surface area contributed by atoms with Gasteiger partial charge in [-0.1, -0.05) is 30.8 Å². The van der Waals surface area contributed by atoms with Crippen molar-refractivity contribution < 1.29 is 14.4 Å². The SMILES string of the molecule is C=CC(=O)NCc1ccc(C(=O)N2CCNC(=O)c3c(C)cccc32)cc1. The lowest BCUT2D eigenvalue weighted by atomic mass is 10.0. The average Bonchev–Trinajstić information content (AvgIpc) is 2.85. The third-order valence-corrected chi connectivity index (χ3v) is 4.49. The number of nitrogens with zero attached hydrogens (tertiary/aromatic N) is 1. The Balaban J connectivity index is 1.84. The van der Waals surface area contributed by atoms with Gasteiger partial charge in [0.2, 0.25) is 5.91 Å². The van der Waals surface area contributed by atoms with Gasteiger partial charge in [0.05, 0.1) is 11.3 Å². The van der Waals surface area contributed by atoms with Crippen LogP contribution in [0.15, 0.2) is 55.1 Å². The Hall–Kier alpha value is -3.41. The topological polar surface area (TPSA) is 78.5 Å². The van der Waals surface area contributed by atoms with Crippen LogP contribution in [0, 0.1) is 6.92 Å². The molecule has 0 atom stereocenters. The Labute approximate surface area is 157 Å². The summed E-state index contributed by atoms with van der Waals surface area (Å²) in [6.07, 6.45) is 1.21. The zero-order valence-electron chi connectivity index (χ0n) is 15.1. The summed E-state index contributed by atoms with van der Waals surface area (Å²) in [5.41, 5.74) is 3.39. The van der Waals surface area contributed by atoms with Gasteiger partial charge in [-0.3, -0.25) is 14.4 Å². The molecule has 2 N–H and O–H groups in total. The number of anilines is 1. The summed E-state index contributed by atoms with van der Waals surface area (Å²) in [5, 5.41) is 5.53. The summed E-state index contributed by atoms with van der Waals surface area (Å²) >= 11 is 0. The van der Waals surface area contributed by atoms with Crippen molar-refractivity contribution >= 4 is 23.4 Å². The molecule has 2 aromatic rings. The number of amides is 3. The minimum Gasteiger partial charge on any atom is -0.350 e. The van der Waals surface area contributed by atoms with Crippen LogP contribution in [0.25, 0.3) is 0 Å². The van der Waals surface area contributed by atoms with Crippen molar-refractivity contribution in [2.75, 3.05) is 18.0 Å². The van der Waals surface area contributed by atoms with E-state index in [2.05, 4.69) is 17.2 Å². The van der Waals surface area contributed by atoms with E-state index in [1.807, 2.05) is 19.1 Å². The molecule has 1 aliphatic heterocycles. The normalized spacial score (nSPS) is 13.2. The highest BCUT2D eigenvalue weighted by atomic mass is 16.2. The molecule has 0 aromatic heterocycles. The summed E-state index contributed by atoms with van der Waals surface area (Å²) in [7, 11) is 0. The monoisotopic (exact) mass is 363 g/mol. The third kappa shape index (κ3) is 3.89. The van der Waals surface area contributed by atoms with Gasteiger partial charge in [-0.2, -0.15) is 0 Å². The lowest BCUT2D eigenvalue weighted by molar-refractivity contribution is -0.116. The molecule has 1 aliphatic rings. The Bertz CT molecular complexity index is 903. The van der Waals surface area contributed by atoms with Gasteiger partial charge in [-0.05, 0) is 42.3 Å². The molecule has 3 amide bonds. The van der Waals surface area contributed by atoms with Gasteiger partial charge >= 0.3 is 0 Å². The van der Waals surface area contributed by atoms with Crippen molar-refractivity contribution in [1.29, 1.82) is 0 Å². The zero-order valence-corrected chi connectivity index (χ0v) is 15.1. The highest BCUT2D eigenvalue weighted by Gasteiger charge is 2.26. The molecule has 0 aliphatic carbocycles. The smallest absolute Gasteiger partial charge is 0.258 e. The van der Waals surface area contributed by atoms with Gasteiger partial charge in [0.25, 0.3) is 11.8 Å². The fourth-order valence-electron chi connectivity index (χ4n) is 3.06. The first-order valence-corrected chi connectivity index (χ1v) is 8.70. The average molecular weight is 363 g/mol. The van der Waals surface area contributed by atoms with E-state index in [9.17, 15) is 14.4 Å². The Kier molecular flexibility index (Phi) is 5.35. The molecule has 27 heavy (non-hydrogen) atoms. The predicted octanol–water partition coefficient (Wildman–Crippen LogP) is 2.19. The van der Waals surface area contributed by atoms with E-state index >= 15 is 0 Å². The van der Waals surface area contributed by atoms with E-state index in [0.29, 0.717) is 36.4 Å². The highest BCUT2D eigenvalue weighted by molar-refractivity contribution is 6.11. The van der Waals surface area contributed by atoms with Crippen LogP contribution in [0.5, 0.6) is 0 Å². The van der Waals surface area contributed by atoms with Crippen LogP contribution < -0.4 is 15.5 Å². The van der Waals surface area contributed by atoms with Gasteiger partial charge in [-0.25, -0.2) is 0 Å². The fraction of sp³-hybridized carbons (Fsp3) is 0.190. The predicted molar refractivity (Wildman–Crippen MR) is 104 cm³/mol. The third-order valence-electron chi connectivity index (χ3n) is 4.49. The number of hydrogen-bond donors (Lipinski definition) is 2. The molecule has 0 fully saturated rings. The standard InChI is InChI=1S/C21H21N3O3/c1-3-18(25)23-13-15-7-9-16(10-8-15)21(27)24-12-11-22-20(26)19-14(2)5-4-6-17(19)24/h3-10H,1,11-13H2,2H3,(H,22,26)(H,23,25). The van der Waals surface area contributed by atoms with Gasteiger partial charge in [-0.15, -0.1) is 0 Å². The van der Waals surface area contributed by atoms with Crippen LogP contribution in [0.3, 0.4) is 0 Å². The number of aryl methyl sites for hydroxylation is 1. The van der Waals surface area contributed by atoms with Crippen LogP contribution >= 0.6 is 0 Å². The highest BCUT2D eigenvalue weighted by Crippen LogP contribution is 2.27. The maximum Gasteiger partial charge on any atom is 0.258 e. The quantitative estimate of drug-likeness (QED) is 0.818. The molecular formula is C21H21N3O3. The number of carbonyl (C=O) groups excluding carboxylic acids is 3. The van der Waals surface area contributed by atoms with Crippen molar-refractivity contribution in [2.24, 2.45) is 0 Å². The van der Waals surface area contributed by atoms with Crippen molar-refractivity contribution in [1.82, 2.24) is 10.6 Å². The van der Waals surface area contributed by atoms with Crippen LogP contribution in [0.1, 0.15) is 31.8 Å². The minimum atomic E-state index is -0.246. The molecule has 2 aromatic carbocycles. The maximum atomic E-state index is 13.1. The Morgan fingerprint density at radius 3 is 2.67 bits per heavy atom. The molecule has 0 bridgehead atoms. The van der Waals surface area contributed by atoms with Crippen LogP contribution in [0.4, 0.5) is 5.69 Å². The van der Waals surface area contributed by atoms with Crippen molar-refractivity contribution in [2.45, 2.75) is 13.5 Å². The summed E-state index contributed by atoms with van der Waals surface area (Å²) in [4.78, 5) is 38.3. The Morgan fingerprint density at radius 2 is 1.96 bits per heavy atom. The zero-order chi connectivity index (χ0) is 19.4. The lowest BCUT2D eigenvalue weighted by Gasteiger charge is -2.23. The molecular weight excluding hydrogens is 342 g/mol. The largest absolute Gasteiger partial charge is 0.350 e. The second-order valence-electron chi connectivity index (χ2n) is 6.30. The molecule has 3 rings (SSSR count). The van der Waals surface area contributed by atoms with E-state index in [0.717, 1.165) is 11.1 Å². The van der Waals surface area contributed by atoms with E-state index in [4.69, 9.17) is 0 Å². The molecule has 0 saturated heterocycles. The summed E-state index contributed by atoms with van der Waals surface area (Å²) < 4.78 is 0. The second-order valence-corrected chi connectivity index (χ2v) is 6.30. The number of carbonyl (C=O) groups is 3. The molecule has 0 unspecified atom stereocenters.